The van der Waals surface area contributed by atoms with Gasteiger partial charge in [0.25, 0.3) is 0 Å². The molecule has 1 saturated heterocycles. The molecular formula is C11H22F3N3O. The minimum Gasteiger partial charge on any atom is -0.389 e. The van der Waals surface area contributed by atoms with Crippen molar-refractivity contribution in [1.29, 1.82) is 0 Å². The quantitative estimate of drug-likeness (QED) is 0.769. The summed E-state index contributed by atoms with van der Waals surface area (Å²) in [6.07, 6.45) is -4.27. The van der Waals surface area contributed by atoms with Crippen LogP contribution in [-0.4, -0.2) is 72.0 Å². The fraction of sp³-hybridized carbons (Fsp3) is 1.00. The zero-order valence-electron chi connectivity index (χ0n) is 10.9. The van der Waals surface area contributed by atoms with Gasteiger partial charge >= 0.3 is 6.18 Å². The third-order valence-corrected chi connectivity index (χ3v) is 3.06. The maximum absolute atomic E-state index is 12.7. The summed E-state index contributed by atoms with van der Waals surface area (Å²) in [7, 11) is 0. The van der Waals surface area contributed by atoms with Crippen molar-refractivity contribution in [2.75, 3.05) is 39.3 Å². The van der Waals surface area contributed by atoms with E-state index in [9.17, 15) is 18.3 Å². The maximum Gasteiger partial charge on any atom is 0.405 e. The highest BCUT2D eigenvalue weighted by Gasteiger charge is 2.43. The molecule has 1 unspecified atom stereocenters. The van der Waals surface area contributed by atoms with E-state index < -0.39 is 24.4 Å². The van der Waals surface area contributed by atoms with E-state index in [0.29, 0.717) is 32.7 Å². The Hall–Kier alpha value is -0.370. The third-order valence-electron chi connectivity index (χ3n) is 3.06. The summed E-state index contributed by atoms with van der Waals surface area (Å²) in [5, 5.41) is 9.67. The van der Waals surface area contributed by atoms with E-state index in [1.807, 2.05) is 4.90 Å². The highest BCUT2D eigenvalue weighted by molar-refractivity contribution is 4.85. The van der Waals surface area contributed by atoms with Crippen molar-refractivity contribution in [1.82, 2.24) is 9.80 Å². The second kappa shape index (κ2) is 5.73. The van der Waals surface area contributed by atoms with Crippen LogP contribution in [0.15, 0.2) is 0 Å². The lowest BCUT2D eigenvalue weighted by Crippen LogP contribution is -2.58. The smallest absolute Gasteiger partial charge is 0.389 e. The molecule has 1 fully saturated rings. The Bertz CT molecular complexity index is 257. The SMILES string of the molecule is CC(C)(O)CN1CCN(C(CN)C(F)(F)F)CC1. The minimum absolute atomic E-state index is 0.331. The fourth-order valence-corrected chi connectivity index (χ4v) is 2.27. The first-order valence-corrected chi connectivity index (χ1v) is 6.09. The molecule has 4 nitrogen and oxygen atoms in total. The van der Waals surface area contributed by atoms with Gasteiger partial charge in [0.15, 0.2) is 0 Å². The summed E-state index contributed by atoms with van der Waals surface area (Å²) in [5.74, 6) is 0. The highest BCUT2D eigenvalue weighted by Crippen LogP contribution is 2.25. The van der Waals surface area contributed by atoms with Gasteiger partial charge in [0.1, 0.15) is 6.04 Å². The summed E-state index contributed by atoms with van der Waals surface area (Å²) in [6, 6.07) is -1.55. The van der Waals surface area contributed by atoms with Crippen LogP contribution in [0.5, 0.6) is 0 Å². The van der Waals surface area contributed by atoms with Crippen LogP contribution in [0.4, 0.5) is 13.2 Å². The Morgan fingerprint density at radius 3 is 2.00 bits per heavy atom. The Labute approximate surface area is 106 Å². The number of hydrogen-bond donors (Lipinski definition) is 2. The molecule has 0 radical (unpaired) electrons. The van der Waals surface area contributed by atoms with Crippen molar-refractivity contribution in [3.05, 3.63) is 0 Å². The molecule has 7 heteroatoms. The first-order valence-electron chi connectivity index (χ1n) is 6.09. The average Bonchev–Trinajstić information content (AvgIpc) is 2.17. The van der Waals surface area contributed by atoms with Gasteiger partial charge in [-0.25, -0.2) is 0 Å². The standard InChI is InChI=1S/C11H22F3N3O/c1-10(2,18)8-16-3-5-17(6-4-16)9(7-15)11(12,13)14/h9,18H,3-8,15H2,1-2H3. The van der Waals surface area contributed by atoms with Crippen molar-refractivity contribution < 1.29 is 18.3 Å². The monoisotopic (exact) mass is 269 g/mol. The lowest BCUT2D eigenvalue weighted by atomic mass is 10.1. The van der Waals surface area contributed by atoms with Crippen molar-refractivity contribution in [2.24, 2.45) is 5.73 Å². The largest absolute Gasteiger partial charge is 0.405 e. The predicted molar refractivity (Wildman–Crippen MR) is 63.2 cm³/mol. The molecule has 0 amide bonds. The Kier molecular flexibility index (Phi) is 4.99. The van der Waals surface area contributed by atoms with Gasteiger partial charge in [-0.05, 0) is 13.8 Å². The number of hydrogen-bond acceptors (Lipinski definition) is 4. The van der Waals surface area contributed by atoms with Gasteiger partial charge in [-0.1, -0.05) is 0 Å². The molecule has 1 atom stereocenters. The molecule has 0 bridgehead atoms. The molecule has 0 saturated carbocycles. The highest BCUT2D eigenvalue weighted by atomic mass is 19.4. The van der Waals surface area contributed by atoms with Crippen molar-refractivity contribution >= 4 is 0 Å². The molecule has 18 heavy (non-hydrogen) atoms. The lowest BCUT2D eigenvalue weighted by Gasteiger charge is -2.40. The van der Waals surface area contributed by atoms with Gasteiger partial charge < -0.3 is 10.8 Å². The fourth-order valence-electron chi connectivity index (χ4n) is 2.27. The van der Waals surface area contributed by atoms with Gasteiger partial charge in [-0.15, -0.1) is 0 Å². The number of rotatable bonds is 4. The van der Waals surface area contributed by atoms with E-state index in [1.54, 1.807) is 13.8 Å². The van der Waals surface area contributed by atoms with Gasteiger partial charge in [0.05, 0.1) is 5.60 Å². The van der Waals surface area contributed by atoms with Crippen LogP contribution in [0.25, 0.3) is 0 Å². The molecule has 1 rings (SSSR count). The molecule has 0 spiro atoms. The summed E-state index contributed by atoms with van der Waals surface area (Å²) >= 11 is 0. The van der Waals surface area contributed by atoms with Crippen LogP contribution in [-0.2, 0) is 0 Å². The van der Waals surface area contributed by atoms with Crippen LogP contribution in [0.1, 0.15) is 13.8 Å². The van der Waals surface area contributed by atoms with E-state index in [1.165, 1.54) is 4.90 Å². The van der Waals surface area contributed by atoms with Gasteiger partial charge in [-0.3, -0.25) is 9.80 Å². The van der Waals surface area contributed by atoms with E-state index in [2.05, 4.69) is 0 Å². The molecule has 0 aromatic rings. The molecule has 108 valence electrons. The molecule has 1 aliphatic rings. The van der Waals surface area contributed by atoms with E-state index in [-0.39, 0.29) is 0 Å². The maximum atomic E-state index is 12.7. The summed E-state index contributed by atoms with van der Waals surface area (Å²) in [4.78, 5) is 3.35. The van der Waals surface area contributed by atoms with Crippen molar-refractivity contribution in [2.45, 2.75) is 31.7 Å². The second-order valence-electron chi connectivity index (χ2n) is 5.42. The first kappa shape index (κ1) is 15.7. The topological polar surface area (TPSA) is 52.7 Å². The lowest BCUT2D eigenvalue weighted by molar-refractivity contribution is -0.185. The first-order chi connectivity index (χ1) is 8.13. The minimum atomic E-state index is -4.27. The zero-order valence-corrected chi connectivity index (χ0v) is 10.9. The van der Waals surface area contributed by atoms with Gasteiger partial charge in [-0.2, -0.15) is 13.2 Å². The van der Waals surface area contributed by atoms with Crippen LogP contribution >= 0.6 is 0 Å². The van der Waals surface area contributed by atoms with Crippen LogP contribution in [0, 0.1) is 0 Å². The Balaban J connectivity index is 2.48. The molecule has 1 heterocycles. The number of aliphatic hydroxyl groups is 1. The average molecular weight is 269 g/mol. The molecule has 0 aliphatic carbocycles. The van der Waals surface area contributed by atoms with E-state index >= 15 is 0 Å². The molecular weight excluding hydrogens is 247 g/mol. The van der Waals surface area contributed by atoms with E-state index in [4.69, 9.17) is 5.73 Å². The zero-order chi connectivity index (χ0) is 14.0. The normalized spacial score (nSPS) is 22.2. The van der Waals surface area contributed by atoms with Crippen LogP contribution in [0.2, 0.25) is 0 Å². The number of nitrogens with zero attached hydrogens (tertiary/aromatic N) is 2. The Morgan fingerprint density at radius 2 is 1.67 bits per heavy atom. The second-order valence-corrected chi connectivity index (χ2v) is 5.42. The molecule has 3 N–H and O–H groups in total. The summed E-state index contributed by atoms with van der Waals surface area (Å²) in [5.41, 5.74) is 4.39. The molecule has 1 aliphatic heterocycles. The van der Waals surface area contributed by atoms with Crippen molar-refractivity contribution in [3.63, 3.8) is 0 Å². The summed E-state index contributed by atoms with van der Waals surface area (Å²) < 4.78 is 38.1. The van der Waals surface area contributed by atoms with Gasteiger partial charge in [0, 0.05) is 39.3 Å². The Morgan fingerprint density at radius 1 is 1.17 bits per heavy atom. The molecule has 0 aromatic heterocycles. The van der Waals surface area contributed by atoms with Crippen LogP contribution < -0.4 is 5.73 Å². The van der Waals surface area contributed by atoms with Crippen molar-refractivity contribution in [3.8, 4) is 0 Å². The number of halogens is 3. The molecule has 0 aromatic carbocycles. The number of alkyl halides is 3. The van der Waals surface area contributed by atoms with Crippen LogP contribution in [0.3, 0.4) is 0 Å². The third kappa shape index (κ3) is 4.72. The number of piperazine rings is 1. The summed E-state index contributed by atoms with van der Waals surface area (Å²) in [6.45, 7) is 5.16. The van der Waals surface area contributed by atoms with E-state index in [0.717, 1.165) is 0 Å². The number of β-amino-alcohol motifs (C(OH)–C–C–N with tert-alkyl or cyclic N) is 1. The van der Waals surface area contributed by atoms with Gasteiger partial charge in [0.2, 0.25) is 0 Å². The predicted octanol–water partition coefficient (Wildman–Crippen LogP) is 0.265. The number of nitrogens with two attached hydrogens (primary N) is 1.